The zero-order chi connectivity index (χ0) is 11.0. The third-order valence-corrected chi connectivity index (χ3v) is 3.38. The minimum absolute atomic E-state index is 0.572. The quantitative estimate of drug-likeness (QED) is 0.802. The molecule has 4 heteroatoms. The van der Waals surface area contributed by atoms with Gasteiger partial charge in [0.15, 0.2) is 5.82 Å². The molecule has 0 aliphatic rings. The van der Waals surface area contributed by atoms with Gasteiger partial charge in [0, 0.05) is 22.2 Å². The summed E-state index contributed by atoms with van der Waals surface area (Å²) >= 11 is 1.66. The molecule has 2 rings (SSSR count). The maximum Gasteiger partial charge on any atom is 0.162 e. The molecule has 0 fully saturated rings. The molecule has 0 atom stereocenters. The lowest BCUT2D eigenvalue weighted by atomic mass is 10.2. The molecule has 0 saturated heterocycles. The van der Waals surface area contributed by atoms with Crippen molar-refractivity contribution in [2.24, 2.45) is 0 Å². The van der Waals surface area contributed by atoms with Gasteiger partial charge in [-0.2, -0.15) is 11.3 Å². The molecule has 0 aliphatic carbocycles. The van der Waals surface area contributed by atoms with E-state index in [0.717, 1.165) is 22.6 Å². The Morgan fingerprint density at radius 1 is 1.13 bits per heavy atom. The van der Waals surface area contributed by atoms with Crippen LogP contribution in [-0.4, -0.2) is 9.97 Å². The summed E-state index contributed by atoms with van der Waals surface area (Å²) in [7, 11) is 0. The van der Waals surface area contributed by atoms with E-state index in [1.54, 1.807) is 11.3 Å². The summed E-state index contributed by atoms with van der Waals surface area (Å²) in [5.41, 5.74) is 10.0. The van der Waals surface area contributed by atoms with E-state index in [1.807, 2.05) is 13.8 Å². The molecule has 15 heavy (non-hydrogen) atoms. The normalized spacial score (nSPS) is 10.6. The topological polar surface area (TPSA) is 51.8 Å². The highest BCUT2D eigenvalue weighted by molar-refractivity contribution is 7.08. The van der Waals surface area contributed by atoms with Crippen molar-refractivity contribution >= 4 is 17.2 Å². The number of rotatable bonds is 1. The standard InChI is InChI=1S/C11H13N3S/c1-6-4-15-5-9(6)11-13-8(3)7(2)10(12)14-11/h4-5H,1-3H3,(H2,12,13,14). The first kappa shape index (κ1) is 10.1. The fourth-order valence-corrected chi connectivity index (χ4v) is 2.19. The molecule has 2 aromatic rings. The highest BCUT2D eigenvalue weighted by Crippen LogP contribution is 2.25. The van der Waals surface area contributed by atoms with Crippen LogP contribution >= 0.6 is 11.3 Å². The van der Waals surface area contributed by atoms with Crippen molar-refractivity contribution in [3.8, 4) is 11.4 Å². The predicted molar refractivity (Wildman–Crippen MR) is 64.0 cm³/mol. The monoisotopic (exact) mass is 219 g/mol. The Bertz CT molecular complexity index is 479. The number of nitrogen functional groups attached to an aromatic ring is 1. The molecule has 0 aromatic carbocycles. The van der Waals surface area contributed by atoms with Gasteiger partial charge in [0.05, 0.1) is 0 Å². The average Bonchev–Trinajstić information content (AvgIpc) is 2.60. The maximum absolute atomic E-state index is 5.83. The SMILES string of the molecule is Cc1cscc1-c1nc(C)c(C)c(N)n1. The summed E-state index contributed by atoms with van der Waals surface area (Å²) in [6, 6.07) is 0. The van der Waals surface area contributed by atoms with E-state index in [9.17, 15) is 0 Å². The van der Waals surface area contributed by atoms with E-state index in [1.165, 1.54) is 5.56 Å². The summed E-state index contributed by atoms with van der Waals surface area (Å²) < 4.78 is 0. The second kappa shape index (κ2) is 3.62. The van der Waals surface area contributed by atoms with Crippen LogP contribution in [0.25, 0.3) is 11.4 Å². The molecule has 0 amide bonds. The van der Waals surface area contributed by atoms with Crippen molar-refractivity contribution in [2.45, 2.75) is 20.8 Å². The zero-order valence-corrected chi connectivity index (χ0v) is 9.85. The first-order chi connectivity index (χ1) is 7.09. The number of thiophene rings is 1. The van der Waals surface area contributed by atoms with Crippen LogP contribution in [0.4, 0.5) is 5.82 Å². The summed E-state index contributed by atoms with van der Waals surface area (Å²) in [5, 5.41) is 4.14. The molecule has 3 nitrogen and oxygen atoms in total. The largest absolute Gasteiger partial charge is 0.383 e. The Kier molecular flexibility index (Phi) is 2.44. The third kappa shape index (κ3) is 1.72. The Hall–Kier alpha value is -1.42. The van der Waals surface area contributed by atoms with Gasteiger partial charge in [-0.3, -0.25) is 0 Å². The van der Waals surface area contributed by atoms with Crippen molar-refractivity contribution in [1.29, 1.82) is 0 Å². The molecule has 0 radical (unpaired) electrons. The van der Waals surface area contributed by atoms with Gasteiger partial charge in [-0.15, -0.1) is 0 Å². The predicted octanol–water partition coefficient (Wildman–Crippen LogP) is 2.71. The minimum Gasteiger partial charge on any atom is -0.383 e. The number of aromatic nitrogens is 2. The molecule has 0 aliphatic heterocycles. The lowest BCUT2D eigenvalue weighted by Crippen LogP contribution is -2.02. The molecule has 0 saturated carbocycles. The van der Waals surface area contributed by atoms with Crippen molar-refractivity contribution in [1.82, 2.24) is 9.97 Å². The molecule has 2 aromatic heterocycles. The summed E-state index contributed by atoms with van der Waals surface area (Å²) in [4.78, 5) is 8.76. The molecule has 2 N–H and O–H groups in total. The van der Waals surface area contributed by atoms with Crippen molar-refractivity contribution < 1.29 is 0 Å². The van der Waals surface area contributed by atoms with Crippen LogP contribution in [0, 0.1) is 20.8 Å². The zero-order valence-electron chi connectivity index (χ0n) is 9.03. The Balaban J connectivity index is 2.60. The highest BCUT2D eigenvalue weighted by Gasteiger charge is 2.09. The molecular formula is C11H13N3S. The van der Waals surface area contributed by atoms with E-state index < -0.39 is 0 Å². The molecule has 2 heterocycles. The van der Waals surface area contributed by atoms with Gasteiger partial charge in [-0.05, 0) is 31.7 Å². The summed E-state index contributed by atoms with van der Waals surface area (Å²) in [6.07, 6.45) is 0. The number of anilines is 1. The van der Waals surface area contributed by atoms with Crippen molar-refractivity contribution in [2.75, 3.05) is 5.73 Å². The van der Waals surface area contributed by atoms with Crippen molar-refractivity contribution in [3.05, 3.63) is 27.6 Å². The lowest BCUT2D eigenvalue weighted by molar-refractivity contribution is 1.08. The van der Waals surface area contributed by atoms with E-state index in [0.29, 0.717) is 5.82 Å². The molecular weight excluding hydrogens is 206 g/mol. The van der Waals surface area contributed by atoms with Gasteiger partial charge in [0.1, 0.15) is 5.82 Å². The molecule has 0 bridgehead atoms. The fraction of sp³-hybridized carbons (Fsp3) is 0.273. The second-order valence-corrected chi connectivity index (χ2v) is 4.35. The highest BCUT2D eigenvalue weighted by atomic mass is 32.1. The van der Waals surface area contributed by atoms with Gasteiger partial charge in [0.2, 0.25) is 0 Å². The number of hydrogen-bond acceptors (Lipinski definition) is 4. The van der Waals surface area contributed by atoms with Crippen LogP contribution < -0.4 is 5.73 Å². The van der Waals surface area contributed by atoms with Crippen LogP contribution in [0.5, 0.6) is 0 Å². The molecule has 0 unspecified atom stereocenters. The Labute approximate surface area is 93.0 Å². The number of nitrogens with two attached hydrogens (primary N) is 1. The van der Waals surface area contributed by atoms with Crippen LogP contribution in [0.3, 0.4) is 0 Å². The Morgan fingerprint density at radius 3 is 2.40 bits per heavy atom. The molecule has 78 valence electrons. The van der Waals surface area contributed by atoms with Crippen LogP contribution in [0.1, 0.15) is 16.8 Å². The van der Waals surface area contributed by atoms with Crippen LogP contribution in [0.15, 0.2) is 10.8 Å². The van der Waals surface area contributed by atoms with E-state index >= 15 is 0 Å². The van der Waals surface area contributed by atoms with Crippen LogP contribution in [-0.2, 0) is 0 Å². The number of nitrogens with zero attached hydrogens (tertiary/aromatic N) is 2. The van der Waals surface area contributed by atoms with Gasteiger partial charge >= 0.3 is 0 Å². The third-order valence-electron chi connectivity index (χ3n) is 2.52. The van der Waals surface area contributed by atoms with Gasteiger partial charge in [-0.1, -0.05) is 0 Å². The van der Waals surface area contributed by atoms with Gasteiger partial charge in [-0.25, -0.2) is 9.97 Å². The first-order valence-corrected chi connectivity index (χ1v) is 5.67. The smallest absolute Gasteiger partial charge is 0.162 e. The lowest BCUT2D eigenvalue weighted by Gasteiger charge is -2.06. The summed E-state index contributed by atoms with van der Waals surface area (Å²) in [6.45, 7) is 5.95. The fourth-order valence-electron chi connectivity index (χ4n) is 1.36. The molecule has 0 spiro atoms. The summed E-state index contributed by atoms with van der Waals surface area (Å²) in [5.74, 6) is 1.30. The minimum atomic E-state index is 0.572. The second-order valence-electron chi connectivity index (χ2n) is 3.61. The van der Waals surface area contributed by atoms with Crippen molar-refractivity contribution in [3.63, 3.8) is 0 Å². The Morgan fingerprint density at radius 2 is 1.87 bits per heavy atom. The van der Waals surface area contributed by atoms with E-state index in [-0.39, 0.29) is 0 Å². The number of hydrogen-bond donors (Lipinski definition) is 1. The van der Waals surface area contributed by atoms with Crippen LogP contribution in [0.2, 0.25) is 0 Å². The first-order valence-electron chi connectivity index (χ1n) is 4.73. The average molecular weight is 219 g/mol. The van der Waals surface area contributed by atoms with Gasteiger partial charge < -0.3 is 5.73 Å². The maximum atomic E-state index is 5.83. The van der Waals surface area contributed by atoms with E-state index in [4.69, 9.17) is 5.73 Å². The van der Waals surface area contributed by atoms with Gasteiger partial charge in [0.25, 0.3) is 0 Å². The van der Waals surface area contributed by atoms with E-state index in [2.05, 4.69) is 27.7 Å². The number of aryl methyl sites for hydroxylation is 2.